The lowest BCUT2D eigenvalue weighted by Crippen LogP contribution is -1.84. The van der Waals surface area contributed by atoms with Gasteiger partial charge >= 0.3 is 0 Å². The van der Waals surface area contributed by atoms with Crippen molar-refractivity contribution in [3.05, 3.63) is 35.9 Å². The molecule has 10 heavy (non-hydrogen) atoms. The van der Waals surface area contributed by atoms with Crippen molar-refractivity contribution in [3.8, 4) is 0 Å². The molecule has 0 bridgehead atoms. The zero-order valence-electron chi connectivity index (χ0n) is 5.29. The summed E-state index contributed by atoms with van der Waals surface area (Å²) in [5.74, 6) is 0.584. The molecule has 0 heterocycles. The van der Waals surface area contributed by atoms with Gasteiger partial charge in [0, 0.05) is 14.8 Å². The summed E-state index contributed by atoms with van der Waals surface area (Å²) >= 11 is 2.98. The maximum Gasteiger partial charge on any atom is 0.0940 e. The van der Waals surface area contributed by atoms with Crippen LogP contribution in [0.25, 0.3) is 0 Å². The van der Waals surface area contributed by atoms with Crippen LogP contribution in [0.5, 0.6) is 0 Å². The van der Waals surface area contributed by atoms with E-state index in [0.29, 0.717) is 5.75 Å². The van der Waals surface area contributed by atoms with Gasteiger partial charge in [-0.1, -0.05) is 30.3 Å². The minimum absolute atomic E-state index is 0.584. The van der Waals surface area contributed by atoms with Gasteiger partial charge in [-0.05, 0) is 5.56 Å². The molecule has 0 amide bonds. The van der Waals surface area contributed by atoms with Crippen LogP contribution in [-0.2, 0) is 15.0 Å². The Morgan fingerprint density at radius 3 is 2.40 bits per heavy atom. The molecule has 0 aliphatic rings. The molecule has 1 rings (SSSR count). The van der Waals surface area contributed by atoms with E-state index in [0.717, 1.165) is 5.56 Å². The molecule has 0 aliphatic carbocycles. The summed E-state index contributed by atoms with van der Waals surface area (Å²) in [5, 5.41) is 0. The Morgan fingerprint density at radius 1 is 1.30 bits per heavy atom. The highest BCUT2D eigenvalue weighted by molar-refractivity contribution is 9.46. The van der Waals surface area contributed by atoms with Gasteiger partial charge in [0.25, 0.3) is 0 Å². The largest absolute Gasteiger partial charge is 0.247 e. The summed E-state index contributed by atoms with van der Waals surface area (Å²) in [7, 11) is -0.904. The minimum Gasteiger partial charge on any atom is -0.247 e. The molecule has 3 heteroatoms. The van der Waals surface area contributed by atoms with E-state index in [1.165, 1.54) is 0 Å². The molecule has 0 spiro atoms. The van der Waals surface area contributed by atoms with E-state index in [9.17, 15) is 4.21 Å². The fraction of sp³-hybridized carbons (Fsp3) is 0.143. The van der Waals surface area contributed by atoms with Gasteiger partial charge in [-0.15, -0.1) is 0 Å². The SMILES string of the molecule is O=S(Br)Cc1ccccc1. The Kier molecular flexibility index (Phi) is 3.09. The van der Waals surface area contributed by atoms with Crippen LogP contribution in [-0.4, -0.2) is 4.21 Å². The van der Waals surface area contributed by atoms with Gasteiger partial charge in [0.2, 0.25) is 0 Å². The normalized spacial score (nSPS) is 12.9. The predicted octanol–water partition coefficient (Wildman–Crippen LogP) is 2.25. The molecular formula is C7H7BrOS. The first kappa shape index (κ1) is 7.95. The minimum atomic E-state index is -0.904. The lowest BCUT2D eigenvalue weighted by molar-refractivity contribution is 0.692. The van der Waals surface area contributed by atoms with Crippen LogP contribution >= 0.6 is 14.8 Å². The first-order valence-corrected chi connectivity index (χ1v) is 6.04. The van der Waals surface area contributed by atoms with Crippen molar-refractivity contribution >= 4 is 24.0 Å². The van der Waals surface area contributed by atoms with Gasteiger partial charge in [-0.25, -0.2) is 4.21 Å². The van der Waals surface area contributed by atoms with Crippen molar-refractivity contribution in [2.45, 2.75) is 5.75 Å². The van der Waals surface area contributed by atoms with Gasteiger partial charge in [0.05, 0.1) is 15.0 Å². The van der Waals surface area contributed by atoms with E-state index >= 15 is 0 Å². The van der Waals surface area contributed by atoms with Crippen molar-refractivity contribution in [2.24, 2.45) is 0 Å². The fourth-order valence-electron chi connectivity index (χ4n) is 0.705. The number of hydrogen-bond acceptors (Lipinski definition) is 1. The molecule has 0 saturated heterocycles. The molecule has 0 saturated carbocycles. The topological polar surface area (TPSA) is 17.1 Å². The Labute approximate surface area is 70.1 Å². The average molecular weight is 219 g/mol. The van der Waals surface area contributed by atoms with Gasteiger partial charge < -0.3 is 0 Å². The molecule has 0 aromatic heterocycles. The van der Waals surface area contributed by atoms with Crippen LogP contribution in [0.15, 0.2) is 30.3 Å². The number of halogens is 1. The summed E-state index contributed by atoms with van der Waals surface area (Å²) in [5.41, 5.74) is 1.10. The van der Waals surface area contributed by atoms with Crippen molar-refractivity contribution < 1.29 is 4.21 Å². The number of rotatable bonds is 2. The molecule has 1 aromatic rings. The second-order valence-corrected chi connectivity index (χ2v) is 4.95. The number of hydrogen-bond donors (Lipinski definition) is 0. The first-order chi connectivity index (χ1) is 4.79. The van der Waals surface area contributed by atoms with E-state index in [2.05, 4.69) is 14.8 Å². The van der Waals surface area contributed by atoms with E-state index in [-0.39, 0.29) is 0 Å². The van der Waals surface area contributed by atoms with Crippen LogP contribution in [0.1, 0.15) is 5.56 Å². The van der Waals surface area contributed by atoms with Crippen molar-refractivity contribution in [3.63, 3.8) is 0 Å². The van der Waals surface area contributed by atoms with E-state index in [1.54, 1.807) is 0 Å². The summed E-state index contributed by atoms with van der Waals surface area (Å²) < 4.78 is 10.6. The van der Waals surface area contributed by atoms with Gasteiger partial charge in [0.15, 0.2) is 0 Å². The summed E-state index contributed by atoms with van der Waals surface area (Å²) in [6.07, 6.45) is 0. The van der Waals surface area contributed by atoms with Gasteiger partial charge in [-0.2, -0.15) is 0 Å². The van der Waals surface area contributed by atoms with Crippen molar-refractivity contribution in [2.75, 3.05) is 0 Å². The quantitative estimate of drug-likeness (QED) is 0.697. The monoisotopic (exact) mass is 218 g/mol. The van der Waals surface area contributed by atoms with E-state index < -0.39 is 9.23 Å². The Balaban J connectivity index is 2.67. The molecule has 0 N–H and O–H groups in total. The predicted molar refractivity (Wildman–Crippen MR) is 47.2 cm³/mol. The summed E-state index contributed by atoms with van der Waals surface area (Å²) in [6.45, 7) is 0. The lowest BCUT2D eigenvalue weighted by Gasteiger charge is -1.93. The molecule has 1 aromatic carbocycles. The van der Waals surface area contributed by atoms with Gasteiger partial charge in [-0.3, -0.25) is 0 Å². The molecule has 1 atom stereocenters. The second-order valence-electron chi connectivity index (χ2n) is 1.92. The smallest absolute Gasteiger partial charge is 0.0940 e. The Bertz CT molecular complexity index is 222. The average Bonchev–Trinajstić information content (AvgIpc) is 1.88. The van der Waals surface area contributed by atoms with Crippen molar-refractivity contribution in [1.82, 2.24) is 0 Å². The molecule has 1 nitrogen and oxygen atoms in total. The molecule has 0 fully saturated rings. The van der Waals surface area contributed by atoms with Crippen LogP contribution in [0.4, 0.5) is 0 Å². The molecule has 1 unspecified atom stereocenters. The highest BCUT2D eigenvalue weighted by atomic mass is 79.9. The third kappa shape index (κ3) is 2.62. The lowest BCUT2D eigenvalue weighted by atomic mass is 10.2. The van der Waals surface area contributed by atoms with E-state index in [4.69, 9.17) is 0 Å². The number of benzene rings is 1. The van der Waals surface area contributed by atoms with Crippen LogP contribution in [0, 0.1) is 0 Å². The third-order valence-corrected chi connectivity index (χ3v) is 2.37. The summed E-state index contributed by atoms with van der Waals surface area (Å²) in [6, 6.07) is 9.74. The second kappa shape index (κ2) is 3.88. The molecule has 54 valence electrons. The third-order valence-electron chi connectivity index (χ3n) is 1.12. The first-order valence-electron chi connectivity index (χ1n) is 2.87. The fourth-order valence-corrected chi connectivity index (χ4v) is 1.95. The Hall–Kier alpha value is -0.150. The summed E-state index contributed by atoms with van der Waals surface area (Å²) in [4.78, 5) is 0. The Morgan fingerprint density at radius 2 is 1.90 bits per heavy atom. The maximum atomic E-state index is 10.6. The van der Waals surface area contributed by atoms with Crippen molar-refractivity contribution in [1.29, 1.82) is 0 Å². The van der Waals surface area contributed by atoms with Crippen LogP contribution < -0.4 is 0 Å². The molecule has 0 radical (unpaired) electrons. The molecular weight excluding hydrogens is 212 g/mol. The highest BCUT2D eigenvalue weighted by Gasteiger charge is 1.93. The maximum absolute atomic E-state index is 10.6. The van der Waals surface area contributed by atoms with Crippen LogP contribution in [0.2, 0.25) is 0 Å². The van der Waals surface area contributed by atoms with E-state index in [1.807, 2.05) is 30.3 Å². The zero-order chi connectivity index (χ0) is 7.40. The van der Waals surface area contributed by atoms with Gasteiger partial charge in [0.1, 0.15) is 0 Å². The highest BCUT2D eigenvalue weighted by Crippen LogP contribution is 2.05. The molecule has 0 aliphatic heterocycles. The zero-order valence-corrected chi connectivity index (χ0v) is 7.69. The standard InChI is InChI=1S/C7H7BrOS/c8-10(9)6-7-4-2-1-3-5-7/h1-5H,6H2. The van der Waals surface area contributed by atoms with Crippen LogP contribution in [0.3, 0.4) is 0 Å².